The number of carbonyl (C=O) groups is 4. The highest BCUT2D eigenvalue weighted by atomic mass is 16.6. The molecular formula is C20H33N3O8. The molecule has 1 N–H and O–H groups in total. The van der Waals surface area contributed by atoms with E-state index in [9.17, 15) is 19.2 Å². The van der Waals surface area contributed by atoms with Gasteiger partial charge in [-0.25, -0.2) is 14.4 Å². The molecule has 0 spiro atoms. The normalized spacial score (nSPS) is 21.5. The molecule has 0 aliphatic carbocycles. The molecule has 31 heavy (non-hydrogen) atoms. The number of hydrogen-bond acceptors (Lipinski definition) is 9. The molecule has 176 valence electrons. The van der Waals surface area contributed by atoms with Crippen LogP contribution in [0.15, 0.2) is 5.10 Å². The lowest BCUT2D eigenvalue weighted by atomic mass is 9.87. The number of nitrogens with zero attached hydrogens (tertiary/aromatic N) is 2. The minimum atomic E-state index is -2.20. The van der Waals surface area contributed by atoms with Crippen LogP contribution in [0, 0.1) is 5.92 Å². The van der Waals surface area contributed by atoms with Gasteiger partial charge in [-0.1, -0.05) is 6.92 Å². The first kappa shape index (κ1) is 26.2. The average Bonchev–Trinajstić information content (AvgIpc) is 2.63. The van der Waals surface area contributed by atoms with Crippen molar-refractivity contribution >= 4 is 29.8 Å². The van der Waals surface area contributed by atoms with E-state index in [0.29, 0.717) is 5.01 Å². The Labute approximate surface area is 182 Å². The number of nitrogens with one attached hydrogen (secondary N) is 1. The van der Waals surface area contributed by atoms with Gasteiger partial charge < -0.3 is 18.9 Å². The van der Waals surface area contributed by atoms with Crippen LogP contribution in [0.1, 0.15) is 61.3 Å². The summed E-state index contributed by atoms with van der Waals surface area (Å²) in [6.45, 7) is 11.5. The second-order valence-electron chi connectivity index (χ2n) is 9.00. The SMILES string of the molecule is CCC1=NN(C(=O)OC(C)(C)C)[C@@](NC(=O)OC(C)(C)C)(C(=O)OC)C[C@H]1C(=O)OC. The Morgan fingerprint density at radius 1 is 1.03 bits per heavy atom. The van der Waals surface area contributed by atoms with Crippen molar-refractivity contribution < 1.29 is 38.1 Å². The summed E-state index contributed by atoms with van der Waals surface area (Å²) in [5, 5.41) is 7.30. The highest BCUT2D eigenvalue weighted by molar-refractivity contribution is 6.05. The molecule has 11 heteroatoms. The Balaban J connectivity index is 3.64. The highest BCUT2D eigenvalue weighted by Crippen LogP contribution is 2.33. The van der Waals surface area contributed by atoms with Crippen LogP contribution in [0.2, 0.25) is 0 Å². The van der Waals surface area contributed by atoms with E-state index in [-0.39, 0.29) is 18.6 Å². The maximum Gasteiger partial charge on any atom is 0.433 e. The maximum atomic E-state index is 13.0. The molecule has 0 bridgehead atoms. The minimum absolute atomic E-state index is 0.281. The van der Waals surface area contributed by atoms with Crippen molar-refractivity contribution in [1.29, 1.82) is 0 Å². The smallest absolute Gasteiger partial charge is 0.433 e. The molecule has 1 aliphatic heterocycles. The monoisotopic (exact) mass is 443 g/mol. The summed E-state index contributed by atoms with van der Waals surface area (Å²) >= 11 is 0. The standard InChI is InChI=1S/C20H33N3O8/c1-10-13-12(14(24)28-8)11-20(15(25)29-9,21-16(26)30-18(2,3)4)23(22-13)17(27)31-19(5,6)7/h12H,10-11H2,1-9H3,(H,21,26)/t12-,20-/m1/s1. The molecule has 2 amide bonds. The van der Waals surface area contributed by atoms with Gasteiger partial charge in [-0.2, -0.15) is 10.1 Å². The Morgan fingerprint density at radius 3 is 2.00 bits per heavy atom. The molecule has 0 aromatic carbocycles. The first-order valence-corrected chi connectivity index (χ1v) is 9.88. The van der Waals surface area contributed by atoms with Gasteiger partial charge in [0.25, 0.3) is 0 Å². The molecule has 0 aromatic heterocycles. The summed E-state index contributed by atoms with van der Waals surface area (Å²) in [6, 6.07) is 0. The fourth-order valence-electron chi connectivity index (χ4n) is 2.93. The van der Waals surface area contributed by atoms with Crippen molar-refractivity contribution in [3.63, 3.8) is 0 Å². The first-order valence-electron chi connectivity index (χ1n) is 9.88. The van der Waals surface area contributed by atoms with Gasteiger partial charge in [-0.3, -0.25) is 10.1 Å². The van der Waals surface area contributed by atoms with Gasteiger partial charge in [0.1, 0.15) is 17.1 Å². The van der Waals surface area contributed by atoms with E-state index in [0.717, 1.165) is 7.11 Å². The molecule has 11 nitrogen and oxygen atoms in total. The number of rotatable bonds is 4. The second kappa shape index (κ2) is 9.52. The lowest BCUT2D eigenvalue weighted by Gasteiger charge is -2.43. The van der Waals surface area contributed by atoms with Crippen LogP contribution in [0.3, 0.4) is 0 Å². The third-order valence-corrected chi connectivity index (χ3v) is 4.14. The number of esters is 2. The van der Waals surface area contributed by atoms with Crippen LogP contribution in [0.4, 0.5) is 9.59 Å². The quantitative estimate of drug-likeness (QED) is 0.518. The molecule has 1 rings (SSSR count). The van der Waals surface area contributed by atoms with Crippen LogP contribution >= 0.6 is 0 Å². The molecule has 1 aliphatic rings. The van der Waals surface area contributed by atoms with E-state index in [1.165, 1.54) is 7.11 Å². The van der Waals surface area contributed by atoms with Gasteiger partial charge >= 0.3 is 24.1 Å². The Bertz CT molecular complexity index is 751. The van der Waals surface area contributed by atoms with Crippen LogP contribution in [0.25, 0.3) is 0 Å². The molecule has 0 radical (unpaired) electrons. The summed E-state index contributed by atoms with van der Waals surface area (Å²) in [7, 11) is 2.28. The molecule has 0 saturated heterocycles. The van der Waals surface area contributed by atoms with Crippen molar-refractivity contribution in [1.82, 2.24) is 10.3 Å². The summed E-state index contributed by atoms with van der Waals surface area (Å²) in [5.74, 6) is -2.72. The van der Waals surface area contributed by atoms with Crippen LogP contribution < -0.4 is 5.32 Å². The van der Waals surface area contributed by atoms with Gasteiger partial charge in [-0.15, -0.1) is 0 Å². The topological polar surface area (TPSA) is 133 Å². The van der Waals surface area contributed by atoms with Crippen molar-refractivity contribution in [2.24, 2.45) is 11.0 Å². The van der Waals surface area contributed by atoms with E-state index in [4.69, 9.17) is 18.9 Å². The molecule has 0 unspecified atom stereocenters. The molecule has 1 heterocycles. The lowest BCUT2D eigenvalue weighted by molar-refractivity contribution is -0.162. The maximum absolute atomic E-state index is 13.0. The van der Waals surface area contributed by atoms with Crippen LogP contribution in [0.5, 0.6) is 0 Å². The third-order valence-electron chi connectivity index (χ3n) is 4.14. The number of alkyl carbamates (subject to hydrolysis) is 1. The van der Waals surface area contributed by atoms with Crippen molar-refractivity contribution in [3.8, 4) is 0 Å². The number of amides is 2. The van der Waals surface area contributed by atoms with E-state index in [1.807, 2.05) is 0 Å². The van der Waals surface area contributed by atoms with Crippen LogP contribution in [-0.2, 0) is 28.5 Å². The van der Waals surface area contributed by atoms with Gasteiger partial charge in [0.2, 0.25) is 5.66 Å². The molecular weight excluding hydrogens is 410 g/mol. The Kier molecular flexibility index (Phi) is 8.05. The van der Waals surface area contributed by atoms with Gasteiger partial charge in [0, 0.05) is 6.42 Å². The van der Waals surface area contributed by atoms with E-state index in [2.05, 4.69) is 10.4 Å². The van der Waals surface area contributed by atoms with Gasteiger partial charge in [-0.05, 0) is 48.0 Å². The van der Waals surface area contributed by atoms with Crippen LogP contribution in [-0.4, -0.2) is 65.9 Å². The number of hydrogen-bond donors (Lipinski definition) is 1. The minimum Gasteiger partial charge on any atom is -0.469 e. The zero-order valence-electron chi connectivity index (χ0n) is 19.7. The average molecular weight is 443 g/mol. The largest absolute Gasteiger partial charge is 0.469 e. The summed E-state index contributed by atoms with van der Waals surface area (Å²) in [5.41, 5.74) is -3.74. The van der Waals surface area contributed by atoms with Gasteiger partial charge in [0.05, 0.1) is 19.9 Å². The summed E-state index contributed by atoms with van der Waals surface area (Å²) in [6.07, 6.45) is -2.12. The van der Waals surface area contributed by atoms with Crippen molar-refractivity contribution in [2.75, 3.05) is 14.2 Å². The molecule has 0 saturated carbocycles. The molecule has 0 fully saturated rings. The fraction of sp³-hybridized carbons (Fsp3) is 0.750. The Hall–Kier alpha value is -2.85. The third kappa shape index (κ3) is 6.56. The molecule has 2 atom stereocenters. The molecule has 0 aromatic rings. The lowest BCUT2D eigenvalue weighted by Crippen LogP contribution is -2.69. The number of hydrazone groups is 1. The van der Waals surface area contributed by atoms with Gasteiger partial charge in [0.15, 0.2) is 0 Å². The van der Waals surface area contributed by atoms with E-state index < -0.39 is 46.9 Å². The number of carbonyl (C=O) groups excluding carboxylic acids is 4. The summed E-state index contributed by atoms with van der Waals surface area (Å²) in [4.78, 5) is 51.0. The zero-order valence-corrected chi connectivity index (χ0v) is 19.7. The predicted octanol–water partition coefficient (Wildman–Crippen LogP) is 2.58. The highest BCUT2D eigenvalue weighted by Gasteiger charge is 2.57. The van der Waals surface area contributed by atoms with Crippen molar-refractivity contribution in [2.45, 2.75) is 78.2 Å². The zero-order chi connectivity index (χ0) is 24.2. The number of ether oxygens (including phenoxy) is 4. The van der Waals surface area contributed by atoms with E-state index >= 15 is 0 Å². The second-order valence-corrected chi connectivity index (χ2v) is 9.00. The predicted molar refractivity (Wildman–Crippen MR) is 110 cm³/mol. The van der Waals surface area contributed by atoms with E-state index in [1.54, 1.807) is 48.5 Å². The first-order chi connectivity index (χ1) is 14.1. The van der Waals surface area contributed by atoms with Crippen molar-refractivity contribution in [3.05, 3.63) is 0 Å². The fourth-order valence-corrected chi connectivity index (χ4v) is 2.93. The number of methoxy groups -OCH3 is 2. The summed E-state index contributed by atoms with van der Waals surface area (Å²) < 4.78 is 20.4. The Morgan fingerprint density at radius 2 is 1.58 bits per heavy atom.